The number of allylic oxidation sites excluding steroid dienone is 1. The molecule has 0 aliphatic heterocycles. The van der Waals surface area contributed by atoms with Gasteiger partial charge in [0.15, 0.2) is 5.03 Å². The molecule has 0 saturated heterocycles. The molecule has 1 aromatic rings. The predicted molar refractivity (Wildman–Crippen MR) is 75.7 cm³/mol. The average Bonchev–Trinajstić information content (AvgIpc) is 2.67. The third-order valence-corrected chi connectivity index (χ3v) is 4.51. The van der Waals surface area contributed by atoms with E-state index in [0.29, 0.717) is 17.0 Å². The van der Waals surface area contributed by atoms with Crippen LogP contribution in [-0.2, 0) is 14.8 Å². The van der Waals surface area contributed by atoms with Gasteiger partial charge >= 0.3 is 0 Å². The third-order valence-electron chi connectivity index (χ3n) is 3.04. The van der Waals surface area contributed by atoms with E-state index in [9.17, 15) is 13.2 Å². The Labute approximate surface area is 123 Å². The molecule has 7 heteroatoms. The summed E-state index contributed by atoms with van der Waals surface area (Å²) >= 11 is 5.65. The van der Waals surface area contributed by atoms with Crippen LogP contribution >= 0.6 is 11.6 Å². The number of aromatic nitrogens is 1. The molecule has 0 saturated carbocycles. The molecule has 0 radical (unpaired) electrons. The second-order valence-corrected chi connectivity index (χ2v) is 6.64. The van der Waals surface area contributed by atoms with Crippen molar-refractivity contribution in [3.05, 3.63) is 35.0 Å². The van der Waals surface area contributed by atoms with Gasteiger partial charge in [0.2, 0.25) is 0 Å². The van der Waals surface area contributed by atoms with E-state index in [1.165, 1.54) is 18.3 Å². The minimum Gasteiger partial charge on any atom is -0.269 e. The minimum absolute atomic E-state index is 0.218. The van der Waals surface area contributed by atoms with Gasteiger partial charge in [-0.2, -0.15) is 8.42 Å². The monoisotopic (exact) mass is 314 g/mol. The molecule has 1 aromatic heterocycles. The summed E-state index contributed by atoms with van der Waals surface area (Å²) in [6.45, 7) is 0. The summed E-state index contributed by atoms with van der Waals surface area (Å²) in [6, 6.07) is 2.68. The number of pyridine rings is 1. The van der Waals surface area contributed by atoms with Crippen LogP contribution in [0.15, 0.2) is 35.0 Å². The lowest BCUT2D eigenvalue weighted by Gasteiger charge is -2.08. The van der Waals surface area contributed by atoms with Crippen molar-refractivity contribution in [3.8, 4) is 0 Å². The summed E-state index contributed by atoms with van der Waals surface area (Å²) in [4.78, 5) is 15.7. The van der Waals surface area contributed by atoms with E-state index in [1.54, 1.807) is 0 Å². The number of nitrogens with zero attached hydrogens (tertiary/aromatic N) is 1. The van der Waals surface area contributed by atoms with Gasteiger partial charge in [-0.3, -0.25) is 4.79 Å². The quantitative estimate of drug-likeness (QED) is 0.929. The zero-order valence-corrected chi connectivity index (χ0v) is 12.4. The van der Waals surface area contributed by atoms with Crippen molar-refractivity contribution in [1.29, 1.82) is 0 Å². The zero-order chi connectivity index (χ0) is 14.6. The standard InChI is InChI=1S/C13H15ClN2O3S/c14-11-7-8-12(15-9-11)20(18,19)16-13(17)10-5-3-1-2-4-6-10/h5,7-9H,1-4,6H2,(H,16,17). The summed E-state index contributed by atoms with van der Waals surface area (Å²) in [7, 11) is -3.95. The molecule has 1 heterocycles. The number of hydrogen-bond acceptors (Lipinski definition) is 4. The molecule has 20 heavy (non-hydrogen) atoms. The molecule has 1 N–H and O–H groups in total. The van der Waals surface area contributed by atoms with Crippen molar-refractivity contribution < 1.29 is 13.2 Å². The smallest absolute Gasteiger partial charge is 0.269 e. The van der Waals surface area contributed by atoms with Crippen LogP contribution in [0.5, 0.6) is 0 Å². The molecule has 1 aliphatic rings. The van der Waals surface area contributed by atoms with Crippen molar-refractivity contribution in [3.63, 3.8) is 0 Å². The highest BCUT2D eigenvalue weighted by Gasteiger charge is 2.21. The average molecular weight is 315 g/mol. The van der Waals surface area contributed by atoms with Crippen molar-refractivity contribution in [1.82, 2.24) is 9.71 Å². The lowest BCUT2D eigenvalue weighted by molar-refractivity contribution is -0.116. The van der Waals surface area contributed by atoms with E-state index in [-0.39, 0.29) is 5.03 Å². The van der Waals surface area contributed by atoms with Gasteiger partial charge in [0.25, 0.3) is 15.9 Å². The number of sulfonamides is 1. The Balaban J connectivity index is 2.13. The van der Waals surface area contributed by atoms with Crippen LogP contribution in [0.2, 0.25) is 5.02 Å². The van der Waals surface area contributed by atoms with E-state index < -0.39 is 15.9 Å². The van der Waals surface area contributed by atoms with Crippen LogP contribution in [0.4, 0.5) is 0 Å². The SMILES string of the molecule is O=C(NS(=O)(=O)c1ccc(Cl)cn1)C1=CCCCCC1. The molecule has 0 unspecified atom stereocenters. The van der Waals surface area contributed by atoms with Crippen molar-refractivity contribution in [2.75, 3.05) is 0 Å². The maximum absolute atomic E-state index is 12.0. The Kier molecular flexibility index (Phi) is 4.77. The summed E-state index contributed by atoms with van der Waals surface area (Å²) in [5.74, 6) is -0.566. The van der Waals surface area contributed by atoms with Crippen LogP contribution in [0.25, 0.3) is 0 Å². The number of hydrogen-bond donors (Lipinski definition) is 1. The fraction of sp³-hybridized carbons (Fsp3) is 0.385. The van der Waals surface area contributed by atoms with Gasteiger partial charge < -0.3 is 0 Å². The normalized spacial score (nSPS) is 16.1. The number of carbonyl (C=O) groups excluding carboxylic acids is 1. The first-order chi connectivity index (χ1) is 9.49. The van der Waals surface area contributed by atoms with Gasteiger partial charge in [0, 0.05) is 11.8 Å². The molecule has 0 atom stereocenters. The van der Waals surface area contributed by atoms with E-state index in [2.05, 4.69) is 4.98 Å². The summed E-state index contributed by atoms with van der Waals surface area (Å²) in [5.41, 5.74) is 0.528. The van der Waals surface area contributed by atoms with Crippen molar-refractivity contribution >= 4 is 27.5 Å². The lowest BCUT2D eigenvalue weighted by Crippen LogP contribution is -2.32. The molecule has 108 valence electrons. The van der Waals surface area contributed by atoms with Crippen LogP contribution in [0, 0.1) is 0 Å². The van der Waals surface area contributed by atoms with E-state index in [0.717, 1.165) is 25.7 Å². The van der Waals surface area contributed by atoms with Crippen molar-refractivity contribution in [2.24, 2.45) is 0 Å². The molecule has 5 nitrogen and oxygen atoms in total. The van der Waals surface area contributed by atoms with E-state index in [1.807, 2.05) is 10.8 Å². The number of amides is 1. The van der Waals surface area contributed by atoms with Gasteiger partial charge in [0.1, 0.15) is 0 Å². The Morgan fingerprint density at radius 1 is 1.25 bits per heavy atom. The van der Waals surface area contributed by atoms with E-state index >= 15 is 0 Å². The van der Waals surface area contributed by atoms with Crippen LogP contribution < -0.4 is 4.72 Å². The van der Waals surface area contributed by atoms with E-state index in [4.69, 9.17) is 11.6 Å². The molecule has 0 spiro atoms. The molecule has 1 amide bonds. The molecular weight excluding hydrogens is 300 g/mol. The number of carbonyl (C=O) groups is 1. The summed E-state index contributed by atoms with van der Waals surface area (Å²) < 4.78 is 26.1. The second kappa shape index (κ2) is 6.37. The Morgan fingerprint density at radius 3 is 2.75 bits per heavy atom. The summed E-state index contributed by atoms with van der Waals surface area (Å²) in [6.07, 6.45) is 7.44. The number of halogens is 1. The first kappa shape index (κ1) is 15.0. The molecule has 0 bridgehead atoms. The fourth-order valence-corrected chi connectivity index (χ4v) is 3.01. The fourth-order valence-electron chi connectivity index (χ4n) is 1.98. The van der Waals surface area contributed by atoms with Gasteiger partial charge in [-0.25, -0.2) is 9.71 Å². The first-order valence-corrected chi connectivity index (χ1v) is 8.23. The van der Waals surface area contributed by atoms with Gasteiger partial charge in [-0.1, -0.05) is 24.1 Å². The van der Waals surface area contributed by atoms with Crippen LogP contribution in [0.3, 0.4) is 0 Å². The van der Waals surface area contributed by atoms with Crippen LogP contribution in [-0.4, -0.2) is 19.3 Å². The highest BCUT2D eigenvalue weighted by atomic mass is 35.5. The molecule has 0 fully saturated rings. The van der Waals surface area contributed by atoms with Gasteiger partial charge in [-0.15, -0.1) is 0 Å². The highest BCUT2D eigenvalue weighted by molar-refractivity contribution is 7.90. The zero-order valence-electron chi connectivity index (χ0n) is 10.8. The van der Waals surface area contributed by atoms with Crippen LogP contribution in [0.1, 0.15) is 32.1 Å². The third kappa shape index (κ3) is 3.80. The maximum Gasteiger partial charge on any atom is 0.281 e. The minimum atomic E-state index is -3.95. The summed E-state index contributed by atoms with van der Waals surface area (Å²) in [5, 5.41) is 0.117. The largest absolute Gasteiger partial charge is 0.281 e. The van der Waals surface area contributed by atoms with Gasteiger partial charge in [-0.05, 0) is 37.8 Å². The van der Waals surface area contributed by atoms with Crippen molar-refractivity contribution in [2.45, 2.75) is 37.1 Å². The molecule has 0 aromatic carbocycles. The number of nitrogens with one attached hydrogen (secondary N) is 1. The van der Waals surface area contributed by atoms with Gasteiger partial charge in [0.05, 0.1) is 5.02 Å². The Morgan fingerprint density at radius 2 is 2.05 bits per heavy atom. The molecular formula is C13H15ClN2O3S. The lowest BCUT2D eigenvalue weighted by atomic mass is 10.1. The Bertz CT molecular complexity index is 624. The maximum atomic E-state index is 12.0. The predicted octanol–water partition coefficient (Wildman–Crippen LogP) is 2.43. The Hall–Kier alpha value is -1.40. The topological polar surface area (TPSA) is 76.1 Å². The first-order valence-electron chi connectivity index (χ1n) is 6.37. The molecule has 1 aliphatic carbocycles. The highest BCUT2D eigenvalue weighted by Crippen LogP contribution is 2.18. The second-order valence-electron chi connectivity index (χ2n) is 4.58. The molecule has 2 rings (SSSR count). The number of rotatable bonds is 3.